The Kier molecular flexibility index (Phi) is 6.67. The molecule has 6 nitrogen and oxygen atoms in total. The molecule has 0 radical (unpaired) electrons. The molecule has 0 unspecified atom stereocenters. The van der Waals surface area contributed by atoms with Gasteiger partial charge in [0.1, 0.15) is 0 Å². The van der Waals surface area contributed by atoms with E-state index in [1.54, 1.807) is 0 Å². The normalized spacial score (nSPS) is 11.3. The van der Waals surface area contributed by atoms with E-state index in [0.717, 1.165) is 0 Å². The fraction of sp³-hybridized carbons (Fsp3) is 0.533. The van der Waals surface area contributed by atoms with Crippen molar-refractivity contribution < 1.29 is 22.7 Å². The molecule has 0 spiro atoms. The highest BCUT2D eigenvalue weighted by Crippen LogP contribution is 2.29. The summed E-state index contributed by atoms with van der Waals surface area (Å²) in [7, 11) is -0.632. The Morgan fingerprint density at radius 3 is 2.36 bits per heavy atom. The minimum Gasteiger partial charge on any atom is -0.493 e. The molecule has 0 heterocycles. The van der Waals surface area contributed by atoms with E-state index < -0.39 is 9.84 Å². The Balaban J connectivity index is 2.76. The zero-order valence-electron chi connectivity index (χ0n) is 13.4. The van der Waals surface area contributed by atoms with Crippen LogP contribution in [0.25, 0.3) is 0 Å². The van der Waals surface area contributed by atoms with Gasteiger partial charge < -0.3 is 14.8 Å². The quantitative estimate of drug-likeness (QED) is 0.784. The highest BCUT2D eigenvalue weighted by molar-refractivity contribution is 7.91. The molecule has 0 saturated carbocycles. The number of sulfone groups is 1. The monoisotopic (exact) mass is 329 g/mol. The fourth-order valence-electron chi connectivity index (χ4n) is 1.76. The van der Waals surface area contributed by atoms with Crippen LogP contribution in [0.3, 0.4) is 0 Å². The molecular weight excluding hydrogens is 306 g/mol. The van der Waals surface area contributed by atoms with Crippen LogP contribution in [0.2, 0.25) is 0 Å². The molecule has 1 rings (SSSR count). The summed E-state index contributed by atoms with van der Waals surface area (Å²) in [5, 5.41) is 2.70. The summed E-state index contributed by atoms with van der Waals surface area (Å²) < 4.78 is 34.7. The summed E-state index contributed by atoms with van der Waals surface area (Å²) in [6, 6.07) is 4.38. The molecule has 0 atom stereocenters. The lowest BCUT2D eigenvalue weighted by molar-refractivity contribution is -0.120. The van der Waals surface area contributed by atoms with Crippen LogP contribution in [-0.4, -0.2) is 40.8 Å². The van der Waals surface area contributed by atoms with Crippen LogP contribution in [0.4, 0.5) is 0 Å². The number of amides is 1. The van der Waals surface area contributed by atoms with Crippen molar-refractivity contribution >= 4 is 15.7 Å². The van der Waals surface area contributed by atoms with Crippen molar-refractivity contribution in [2.75, 3.05) is 26.5 Å². The zero-order valence-corrected chi connectivity index (χ0v) is 14.2. The molecule has 7 heteroatoms. The van der Waals surface area contributed by atoms with Gasteiger partial charge in [0.05, 0.1) is 24.9 Å². The third kappa shape index (κ3) is 5.22. The minimum atomic E-state index is -3.55. The summed E-state index contributed by atoms with van der Waals surface area (Å²) in [6.45, 7) is 4.48. The SMILES string of the molecule is COc1ccc(S(=O)(=O)CCC(=O)NCC(C)C)cc1OC. The van der Waals surface area contributed by atoms with Crippen molar-refractivity contribution in [3.05, 3.63) is 18.2 Å². The van der Waals surface area contributed by atoms with E-state index in [4.69, 9.17) is 9.47 Å². The summed E-state index contributed by atoms with van der Waals surface area (Å²) >= 11 is 0. The van der Waals surface area contributed by atoms with Gasteiger partial charge in [0, 0.05) is 19.0 Å². The van der Waals surface area contributed by atoms with E-state index in [-0.39, 0.29) is 23.0 Å². The Bertz CT molecular complexity index is 610. The Morgan fingerprint density at radius 1 is 1.18 bits per heavy atom. The fourth-order valence-corrected chi connectivity index (χ4v) is 3.01. The topological polar surface area (TPSA) is 81.7 Å². The van der Waals surface area contributed by atoms with Crippen molar-refractivity contribution in [2.45, 2.75) is 25.2 Å². The van der Waals surface area contributed by atoms with Crippen LogP contribution >= 0.6 is 0 Å². The molecule has 0 bridgehead atoms. The van der Waals surface area contributed by atoms with E-state index in [0.29, 0.717) is 24.0 Å². The number of hydrogen-bond acceptors (Lipinski definition) is 5. The molecule has 0 fully saturated rings. The van der Waals surface area contributed by atoms with Crippen molar-refractivity contribution in [1.29, 1.82) is 0 Å². The van der Waals surface area contributed by atoms with Gasteiger partial charge in [-0.15, -0.1) is 0 Å². The second-order valence-corrected chi connectivity index (χ2v) is 7.39. The van der Waals surface area contributed by atoms with E-state index in [9.17, 15) is 13.2 Å². The second kappa shape index (κ2) is 8.03. The highest BCUT2D eigenvalue weighted by Gasteiger charge is 2.18. The average Bonchev–Trinajstić information content (AvgIpc) is 2.50. The first kappa shape index (κ1) is 18.3. The lowest BCUT2D eigenvalue weighted by Gasteiger charge is -2.11. The molecular formula is C15H23NO5S. The van der Waals surface area contributed by atoms with Gasteiger partial charge in [-0.1, -0.05) is 13.8 Å². The van der Waals surface area contributed by atoms with E-state index in [1.165, 1.54) is 32.4 Å². The Morgan fingerprint density at radius 2 is 1.82 bits per heavy atom. The molecule has 124 valence electrons. The maximum Gasteiger partial charge on any atom is 0.221 e. The van der Waals surface area contributed by atoms with Crippen molar-refractivity contribution in [2.24, 2.45) is 5.92 Å². The number of carbonyl (C=O) groups is 1. The molecule has 1 N–H and O–H groups in total. The van der Waals surface area contributed by atoms with Gasteiger partial charge in [0.2, 0.25) is 5.91 Å². The Hall–Kier alpha value is -1.76. The van der Waals surface area contributed by atoms with E-state index in [2.05, 4.69) is 5.32 Å². The molecule has 22 heavy (non-hydrogen) atoms. The third-order valence-corrected chi connectivity index (χ3v) is 4.73. The summed E-state index contributed by atoms with van der Waals surface area (Å²) in [5.74, 6) is 0.611. The molecule has 1 amide bonds. The maximum atomic E-state index is 12.3. The molecule has 0 saturated heterocycles. The van der Waals surface area contributed by atoms with Gasteiger partial charge in [-0.2, -0.15) is 0 Å². The maximum absolute atomic E-state index is 12.3. The van der Waals surface area contributed by atoms with Gasteiger partial charge in [0.25, 0.3) is 0 Å². The number of hydrogen-bond donors (Lipinski definition) is 1. The molecule has 1 aromatic carbocycles. The van der Waals surface area contributed by atoms with Crippen molar-refractivity contribution in [1.82, 2.24) is 5.32 Å². The van der Waals surface area contributed by atoms with Gasteiger partial charge in [-0.05, 0) is 18.1 Å². The van der Waals surface area contributed by atoms with Gasteiger partial charge in [-0.25, -0.2) is 8.42 Å². The number of carbonyl (C=O) groups excluding carboxylic acids is 1. The first-order valence-corrected chi connectivity index (χ1v) is 8.67. The van der Waals surface area contributed by atoms with Gasteiger partial charge in [-0.3, -0.25) is 4.79 Å². The molecule has 0 aromatic heterocycles. The van der Waals surface area contributed by atoms with Crippen LogP contribution in [-0.2, 0) is 14.6 Å². The summed E-state index contributed by atoms with van der Waals surface area (Å²) in [6.07, 6.45) is -0.0661. The summed E-state index contributed by atoms with van der Waals surface area (Å²) in [4.78, 5) is 11.7. The smallest absolute Gasteiger partial charge is 0.221 e. The van der Waals surface area contributed by atoms with Gasteiger partial charge in [0.15, 0.2) is 21.3 Å². The number of benzene rings is 1. The van der Waals surface area contributed by atoms with Gasteiger partial charge >= 0.3 is 0 Å². The number of rotatable bonds is 8. The minimum absolute atomic E-state index is 0.0661. The first-order valence-electron chi connectivity index (χ1n) is 7.01. The molecule has 0 aliphatic heterocycles. The summed E-state index contributed by atoms with van der Waals surface area (Å²) in [5.41, 5.74) is 0. The predicted octanol–water partition coefficient (Wildman–Crippen LogP) is 1.64. The third-order valence-electron chi connectivity index (χ3n) is 3.02. The number of methoxy groups -OCH3 is 2. The second-order valence-electron chi connectivity index (χ2n) is 5.28. The standard InChI is InChI=1S/C15H23NO5S/c1-11(2)10-16-15(17)7-8-22(18,19)12-5-6-13(20-3)14(9-12)21-4/h5-6,9,11H,7-8,10H2,1-4H3,(H,16,17). The van der Waals surface area contributed by atoms with Crippen LogP contribution < -0.4 is 14.8 Å². The van der Waals surface area contributed by atoms with E-state index >= 15 is 0 Å². The first-order chi connectivity index (χ1) is 10.3. The predicted molar refractivity (Wildman–Crippen MR) is 84.1 cm³/mol. The van der Waals surface area contributed by atoms with E-state index in [1.807, 2.05) is 13.8 Å². The average molecular weight is 329 g/mol. The lowest BCUT2D eigenvalue weighted by Crippen LogP contribution is -2.28. The lowest BCUT2D eigenvalue weighted by atomic mass is 10.2. The zero-order chi connectivity index (χ0) is 16.8. The van der Waals surface area contributed by atoms with Crippen molar-refractivity contribution in [3.8, 4) is 11.5 Å². The van der Waals surface area contributed by atoms with Crippen LogP contribution in [0.1, 0.15) is 20.3 Å². The molecule has 1 aromatic rings. The van der Waals surface area contributed by atoms with Crippen LogP contribution in [0.15, 0.2) is 23.1 Å². The number of nitrogens with one attached hydrogen (secondary N) is 1. The Labute approximate surface area is 131 Å². The van der Waals surface area contributed by atoms with Crippen LogP contribution in [0.5, 0.6) is 11.5 Å². The highest BCUT2D eigenvalue weighted by atomic mass is 32.2. The molecule has 0 aliphatic rings. The van der Waals surface area contributed by atoms with Crippen LogP contribution in [0, 0.1) is 5.92 Å². The molecule has 0 aliphatic carbocycles. The van der Waals surface area contributed by atoms with Crippen molar-refractivity contribution in [3.63, 3.8) is 0 Å². The number of ether oxygens (including phenoxy) is 2. The largest absolute Gasteiger partial charge is 0.493 e.